The van der Waals surface area contributed by atoms with Gasteiger partial charge in [0.1, 0.15) is 0 Å². The third kappa shape index (κ3) is 3.19. The van der Waals surface area contributed by atoms with Crippen LogP contribution in [0.25, 0.3) is 0 Å². The molecule has 2 fully saturated rings. The van der Waals surface area contributed by atoms with Gasteiger partial charge in [0.05, 0.1) is 5.41 Å². The maximum Gasteiger partial charge on any atom is 0.317 e. The first-order valence-corrected chi connectivity index (χ1v) is 7.10. The van der Waals surface area contributed by atoms with E-state index in [-0.39, 0.29) is 6.03 Å². The molecule has 2 N–H and O–H groups in total. The number of rotatable bonds is 4. The highest BCUT2D eigenvalue weighted by Crippen LogP contribution is 2.37. The largest absolute Gasteiger partial charge is 0.481 e. The van der Waals surface area contributed by atoms with Crippen LogP contribution in [0.4, 0.5) is 4.79 Å². The van der Waals surface area contributed by atoms with Crippen molar-refractivity contribution in [2.75, 3.05) is 13.1 Å². The van der Waals surface area contributed by atoms with Crippen LogP contribution in [-0.2, 0) is 4.79 Å². The van der Waals surface area contributed by atoms with Gasteiger partial charge in [-0.2, -0.15) is 0 Å². The van der Waals surface area contributed by atoms with Gasteiger partial charge >= 0.3 is 12.0 Å². The van der Waals surface area contributed by atoms with E-state index in [4.69, 9.17) is 5.11 Å². The Labute approximate surface area is 114 Å². The monoisotopic (exact) mass is 268 g/mol. The number of aliphatic carboxylic acids is 1. The Morgan fingerprint density at radius 2 is 2.16 bits per heavy atom. The molecule has 0 aromatic carbocycles. The van der Waals surface area contributed by atoms with Gasteiger partial charge in [0.15, 0.2) is 0 Å². The fourth-order valence-corrected chi connectivity index (χ4v) is 2.85. The lowest BCUT2D eigenvalue weighted by molar-refractivity contribution is -0.146. The summed E-state index contributed by atoms with van der Waals surface area (Å²) in [6, 6.07) is 0.202. The molecule has 0 radical (unpaired) electrons. The summed E-state index contributed by atoms with van der Waals surface area (Å²) in [5.41, 5.74) is -0.780. The highest BCUT2D eigenvalue weighted by atomic mass is 16.4. The molecule has 1 saturated heterocycles. The molecular formula is C14H24N2O3. The smallest absolute Gasteiger partial charge is 0.317 e. The Bertz CT molecular complexity index is 383. The lowest BCUT2D eigenvalue weighted by Crippen LogP contribution is -2.42. The van der Waals surface area contributed by atoms with E-state index in [0.29, 0.717) is 37.4 Å². The van der Waals surface area contributed by atoms with E-state index in [1.54, 1.807) is 11.8 Å². The van der Waals surface area contributed by atoms with E-state index >= 15 is 0 Å². The van der Waals surface area contributed by atoms with Crippen molar-refractivity contribution in [3.8, 4) is 0 Å². The van der Waals surface area contributed by atoms with Gasteiger partial charge in [0, 0.05) is 19.1 Å². The predicted molar refractivity (Wildman–Crippen MR) is 71.8 cm³/mol. The van der Waals surface area contributed by atoms with Gasteiger partial charge in [-0.1, -0.05) is 13.8 Å². The molecular weight excluding hydrogens is 244 g/mol. The average molecular weight is 268 g/mol. The Morgan fingerprint density at radius 3 is 2.68 bits per heavy atom. The summed E-state index contributed by atoms with van der Waals surface area (Å²) in [5, 5.41) is 12.2. The number of carboxylic acid groups (broad SMARTS) is 1. The minimum absolute atomic E-state index is 0.0961. The summed E-state index contributed by atoms with van der Waals surface area (Å²) in [4.78, 5) is 24.8. The zero-order valence-electron chi connectivity index (χ0n) is 12.0. The topological polar surface area (TPSA) is 69.6 Å². The van der Waals surface area contributed by atoms with Gasteiger partial charge < -0.3 is 15.3 Å². The van der Waals surface area contributed by atoms with Crippen LogP contribution < -0.4 is 5.32 Å². The van der Waals surface area contributed by atoms with Crippen LogP contribution in [-0.4, -0.2) is 41.1 Å². The Balaban J connectivity index is 1.79. The molecule has 2 aliphatic rings. The number of carbonyl (C=O) groups is 2. The Hall–Kier alpha value is -1.26. The summed E-state index contributed by atoms with van der Waals surface area (Å²) in [5.74, 6) is 0.457. The molecule has 1 aliphatic heterocycles. The first kappa shape index (κ1) is 14.2. The quantitative estimate of drug-likeness (QED) is 0.818. The van der Waals surface area contributed by atoms with E-state index in [1.165, 1.54) is 0 Å². The molecule has 0 aromatic rings. The number of urea groups is 1. The number of likely N-dealkylation sites (tertiary alicyclic amines) is 1. The zero-order chi connectivity index (χ0) is 14.2. The molecule has 0 spiro atoms. The van der Waals surface area contributed by atoms with Crippen molar-refractivity contribution < 1.29 is 14.7 Å². The number of carbonyl (C=O) groups excluding carboxylic acids is 1. The zero-order valence-corrected chi connectivity index (χ0v) is 12.0. The Morgan fingerprint density at radius 1 is 1.47 bits per heavy atom. The van der Waals surface area contributed by atoms with E-state index in [2.05, 4.69) is 19.2 Å². The third-order valence-electron chi connectivity index (χ3n) is 4.28. The maximum atomic E-state index is 12.1. The summed E-state index contributed by atoms with van der Waals surface area (Å²) in [7, 11) is 0. The van der Waals surface area contributed by atoms with Gasteiger partial charge in [-0.15, -0.1) is 0 Å². The molecule has 2 rings (SSSR count). The van der Waals surface area contributed by atoms with Crippen molar-refractivity contribution in [1.29, 1.82) is 0 Å². The number of nitrogens with zero attached hydrogens (tertiary/aromatic N) is 1. The van der Waals surface area contributed by atoms with Crippen LogP contribution >= 0.6 is 0 Å². The SMILES string of the molecule is CC(C)C[C@@H]1C[C@H]1NC(=O)N1CCC(C)(C(=O)O)C1. The molecule has 108 valence electrons. The van der Waals surface area contributed by atoms with Crippen molar-refractivity contribution in [3.05, 3.63) is 0 Å². The minimum Gasteiger partial charge on any atom is -0.481 e. The van der Waals surface area contributed by atoms with Crippen LogP contribution in [0.5, 0.6) is 0 Å². The fourth-order valence-electron chi connectivity index (χ4n) is 2.85. The van der Waals surface area contributed by atoms with E-state index in [9.17, 15) is 9.59 Å². The van der Waals surface area contributed by atoms with Gasteiger partial charge in [-0.3, -0.25) is 4.79 Å². The van der Waals surface area contributed by atoms with Crippen molar-refractivity contribution in [1.82, 2.24) is 10.2 Å². The summed E-state index contributed by atoms with van der Waals surface area (Å²) in [6.45, 7) is 6.94. The van der Waals surface area contributed by atoms with Crippen LogP contribution in [0.15, 0.2) is 0 Å². The molecule has 0 aromatic heterocycles. The molecule has 19 heavy (non-hydrogen) atoms. The highest BCUT2D eigenvalue weighted by molar-refractivity contribution is 5.79. The van der Waals surface area contributed by atoms with Crippen molar-refractivity contribution in [2.24, 2.45) is 17.3 Å². The highest BCUT2D eigenvalue weighted by Gasteiger charge is 2.44. The number of carboxylic acids is 1. The van der Waals surface area contributed by atoms with Gasteiger partial charge in [0.25, 0.3) is 0 Å². The van der Waals surface area contributed by atoms with E-state index in [1.807, 2.05) is 0 Å². The van der Waals surface area contributed by atoms with Gasteiger partial charge in [-0.05, 0) is 38.0 Å². The summed E-state index contributed by atoms with van der Waals surface area (Å²) >= 11 is 0. The number of hydrogen-bond acceptors (Lipinski definition) is 2. The van der Waals surface area contributed by atoms with Crippen molar-refractivity contribution >= 4 is 12.0 Å². The lowest BCUT2D eigenvalue weighted by Gasteiger charge is -2.20. The second kappa shape index (κ2) is 5.02. The van der Waals surface area contributed by atoms with Crippen molar-refractivity contribution in [2.45, 2.75) is 46.1 Å². The average Bonchev–Trinajstić information content (AvgIpc) is 2.87. The van der Waals surface area contributed by atoms with Crippen molar-refractivity contribution in [3.63, 3.8) is 0 Å². The normalized spacial score (nSPS) is 33.6. The molecule has 3 atom stereocenters. The van der Waals surface area contributed by atoms with Crippen LogP contribution in [0, 0.1) is 17.3 Å². The van der Waals surface area contributed by atoms with E-state index in [0.717, 1.165) is 12.8 Å². The summed E-state index contributed by atoms with van der Waals surface area (Å²) < 4.78 is 0. The lowest BCUT2D eigenvalue weighted by atomic mass is 9.90. The van der Waals surface area contributed by atoms with Gasteiger partial charge in [0.2, 0.25) is 0 Å². The third-order valence-corrected chi connectivity index (χ3v) is 4.28. The minimum atomic E-state index is -0.813. The molecule has 1 heterocycles. The number of nitrogens with one attached hydrogen (secondary N) is 1. The maximum absolute atomic E-state index is 12.1. The summed E-state index contributed by atoms with van der Waals surface area (Å²) in [6.07, 6.45) is 2.75. The molecule has 5 heteroatoms. The second-order valence-electron chi connectivity index (χ2n) is 6.72. The Kier molecular flexibility index (Phi) is 3.74. The molecule has 5 nitrogen and oxygen atoms in total. The first-order chi connectivity index (χ1) is 8.82. The van der Waals surface area contributed by atoms with Gasteiger partial charge in [-0.25, -0.2) is 4.79 Å². The molecule has 1 saturated carbocycles. The van der Waals surface area contributed by atoms with Crippen LogP contribution in [0.2, 0.25) is 0 Å². The number of hydrogen-bond donors (Lipinski definition) is 2. The predicted octanol–water partition coefficient (Wildman–Crippen LogP) is 1.93. The standard InChI is InChI=1S/C14H24N2O3/c1-9(2)6-10-7-11(10)15-13(19)16-5-4-14(3,8-16)12(17)18/h9-11H,4-8H2,1-3H3,(H,15,19)(H,17,18)/t10-,11-,14?/m1/s1. The van der Waals surface area contributed by atoms with E-state index < -0.39 is 11.4 Å². The molecule has 2 amide bonds. The molecule has 1 unspecified atom stereocenters. The fraction of sp³-hybridized carbons (Fsp3) is 0.857. The van der Waals surface area contributed by atoms with Crippen LogP contribution in [0.3, 0.4) is 0 Å². The molecule has 1 aliphatic carbocycles. The second-order valence-corrected chi connectivity index (χ2v) is 6.72. The molecule has 0 bridgehead atoms. The first-order valence-electron chi connectivity index (χ1n) is 7.10. The number of amides is 2. The van der Waals surface area contributed by atoms with Crippen LogP contribution in [0.1, 0.15) is 40.0 Å².